The molecule has 128 valence electrons. The van der Waals surface area contributed by atoms with E-state index in [9.17, 15) is 18.4 Å². The van der Waals surface area contributed by atoms with Gasteiger partial charge in [0.2, 0.25) is 0 Å². The Morgan fingerprint density at radius 1 is 0.875 bits per heavy atom. The first kappa shape index (κ1) is 19.1. The van der Waals surface area contributed by atoms with Gasteiger partial charge in [-0.2, -0.15) is 0 Å². The van der Waals surface area contributed by atoms with Crippen LogP contribution in [0, 0.1) is 18.6 Å². The standard InChI is InChI=1S/C9H9FO2.C8H8FNO2/c1-6-7(9(11)12-2)4-3-5-8(6)10;1-12-8(11)5-3-2-4-6(9)7(5)10/h3-5H,1-2H3;2-4H,10H2,1H3. The van der Waals surface area contributed by atoms with Gasteiger partial charge in [0, 0.05) is 0 Å². The highest BCUT2D eigenvalue weighted by atomic mass is 19.1. The second-order valence-corrected chi connectivity index (χ2v) is 4.60. The Morgan fingerprint density at radius 2 is 1.33 bits per heavy atom. The first-order valence-corrected chi connectivity index (χ1v) is 6.79. The number of rotatable bonds is 2. The molecule has 0 unspecified atom stereocenters. The number of anilines is 1. The maximum absolute atomic E-state index is 12.9. The average Bonchev–Trinajstić information content (AvgIpc) is 2.59. The number of methoxy groups -OCH3 is 2. The predicted octanol–water partition coefficient (Wildman–Crippen LogP) is 3.12. The Bertz CT molecular complexity index is 684. The van der Waals surface area contributed by atoms with Gasteiger partial charge in [-0.3, -0.25) is 0 Å². The molecule has 7 heteroatoms. The molecule has 0 atom stereocenters. The van der Waals surface area contributed by atoms with Crippen LogP contribution in [0.1, 0.15) is 26.3 Å². The van der Waals surface area contributed by atoms with Crippen molar-refractivity contribution >= 4 is 17.6 Å². The Hall–Kier alpha value is -2.96. The zero-order chi connectivity index (χ0) is 18.3. The van der Waals surface area contributed by atoms with E-state index in [-0.39, 0.29) is 16.8 Å². The average molecular weight is 337 g/mol. The molecule has 0 aliphatic carbocycles. The van der Waals surface area contributed by atoms with E-state index < -0.39 is 23.6 Å². The molecule has 0 radical (unpaired) electrons. The van der Waals surface area contributed by atoms with Crippen LogP contribution in [-0.2, 0) is 9.47 Å². The van der Waals surface area contributed by atoms with Gasteiger partial charge in [-0.25, -0.2) is 18.4 Å². The number of hydrogen-bond acceptors (Lipinski definition) is 5. The van der Waals surface area contributed by atoms with Crippen LogP contribution in [0.2, 0.25) is 0 Å². The minimum atomic E-state index is -0.632. The fourth-order valence-corrected chi connectivity index (χ4v) is 1.76. The summed E-state index contributed by atoms with van der Waals surface area (Å²) in [5.41, 5.74) is 5.76. The number of nitrogens with two attached hydrogens (primary N) is 1. The summed E-state index contributed by atoms with van der Waals surface area (Å²) < 4.78 is 34.5. The van der Waals surface area contributed by atoms with Crippen molar-refractivity contribution in [3.63, 3.8) is 0 Å². The van der Waals surface area contributed by atoms with Crippen LogP contribution in [0.25, 0.3) is 0 Å². The Kier molecular flexibility index (Phi) is 6.85. The number of ether oxygens (including phenoxy) is 2. The van der Waals surface area contributed by atoms with Gasteiger partial charge < -0.3 is 15.2 Å². The number of halogens is 2. The van der Waals surface area contributed by atoms with Crippen LogP contribution in [0.5, 0.6) is 0 Å². The maximum atomic E-state index is 12.9. The smallest absolute Gasteiger partial charge is 0.340 e. The summed E-state index contributed by atoms with van der Waals surface area (Å²) in [6, 6.07) is 8.31. The van der Waals surface area contributed by atoms with Crippen LogP contribution in [-0.4, -0.2) is 26.2 Å². The summed E-state index contributed by atoms with van der Waals surface area (Å²) in [4.78, 5) is 21.9. The van der Waals surface area contributed by atoms with Crippen molar-refractivity contribution in [1.29, 1.82) is 0 Å². The van der Waals surface area contributed by atoms with Crippen molar-refractivity contribution < 1.29 is 27.8 Å². The summed E-state index contributed by atoms with van der Waals surface area (Å²) in [6.45, 7) is 1.54. The summed E-state index contributed by atoms with van der Waals surface area (Å²) in [5, 5.41) is 0. The van der Waals surface area contributed by atoms with Crippen LogP contribution < -0.4 is 5.73 Å². The van der Waals surface area contributed by atoms with Crippen molar-refractivity contribution in [2.24, 2.45) is 0 Å². The molecule has 0 saturated heterocycles. The number of carbonyl (C=O) groups excluding carboxylic acids is 2. The molecule has 0 saturated carbocycles. The van der Waals surface area contributed by atoms with Crippen LogP contribution in [0.15, 0.2) is 36.4 Å². The largest absolute Gasteiger partial charge is 0.465 e. The first-order valence-electron chi connectivity index (χ1n) is 6.79. The molecule has 0 heterocycles. The predicted molar refractivity (Wildman–Crippen MR) is 84.6 cm³/mol. The van der Waals surface area contributed by atoms with Crippen molar-refractivity contribution in [2.45, 2.75) is 6.92 Å². The van der Waals surface area contributed by atoms with E-state index in [1.54, 1.807) is 6.92 Å². The Morgan fingerprint density at radius 3 is 1.88 bits per heavy atom. The maximum Gasteiger partial charge on any atom is 0.340 e. The number of carbonyl (C=O) groups is 2. The molecule has 0 aliphatic rings. The van der Waals surface area contributed by atoms with E-state index in [0.717, 1.165) is 0 Å². The third kappa shape index (κ3) is 4.52. The lowest BCUT2D eigenvalue weighted by molar-refractivity contribution is 0.0591. The lowest BCUT2D eigenvalue weighted by Gasteiger charge is -2.02. The van der Waals surface area contributed by atoms with Gasteiger partial charge in [-0.1, -0.05) is 12.1 Å². The number of hydrogen-bond donors (Lipinski definition) is 1. The molecular formula is C17H17F2NO4. The lowest BCUT2D eigenvalue weighted by Crippen LogP contribution is -2.06. The fourth-order valence-electron chi connectivity index (χ4n) is 1.76. The van der Waals surface area contributed by atoms with Crippen molar-refractivity contribution in [3.05, 3.63) is 64.7 Å². The van der Waals surface area contributed by atoms with Gasteiger partial charge in [0.25, 0.3) is 0 Å². The van der Waals surface area contributed by atoms with Gasteiger partial charge in [0.05, 0.1) is 31.0 Å². The second kappa shape index (κ2) is 8.61. The monoisotopic (exact) mass is 337 g/mol. The highest BCUT2D eigenvalue weighted by Crippen LogP contribution is 2.16. The summed E-state index contributed by atoms with van der Waals surface area (Å²) in [7, 11) is 2.49. The molecule has 0 amide bonds. The molecule has 5 nitrogen and oxygen atoms in total. The third-order valence-corrected chi connectivity index (χ3v) is 3.13. The number of esters is 2. The molecule has 2 rings (SSSR count). The highest BCUT2D eigenvalue weighted by Gasteiger charge is 2.12. The van der Waals surface area contributed by atoms with Crippen molar-refractivity contribution in [3.8, 4) is 0 Å². The molecular weight excluding hydrogens is 320 g/mol. The van der Waals surface area contributed by atoms with Gasteiger partial charge >= 0.3 is 11.9 Å². The minimum Gasteiger partial charge on any atom is -0.465 e. The molecule has 2 aromatic carbocycles. The number of benzene rings is 2. The molecule has 0 bridgehead atoms. The SMILES string of the molecule is COC(=O)c1cccc(F)c1C.COC(=O)c1cccc(F)c1N. The number of nitrogen functional groups attached to an aromatic ring is 1. The molecule has 0 aliphatic heterocycles. The minimum absolute atomic E-state index is 0.0532. The molecule has 24 heavy (non-hydrogen) atoms. The first-order chi connectivity index (χ1) is 11.3. The zero-order valence-electron chi connectivity index (χ0n) is 13.4. The third-order valence-electron chi connectivity index (χ3n) is 3.13. The van der Waals surface area contributed by atoms with E-state index in [4.69, 9.17) is 5.73 Å². The summed E-state index contributed by atoms with van der Waals surface area (Å²) in [6.07, 6.45) is 0. The second-order valence-electron chi connectivity index (χ2n) is 4.60. The molecule has 0 spiro atoms. The van der Waals surface area contributed by atoms with Crippen molar-refractivity contribution in [2.75, 3.05) is 20.0 Å². The van der Waals surface area contributed by atoms with Gasteiger partial charge in [0.1, 0.15) is 11.6 Å². The normalized spacial score (nSPS) is 9.54. The quantitative estimate of drug-likeness (QED) is 0.673. The van der Waals surface area contributed by atoms with E-state index in [1.165, 1.54) is 50.6 Å². The van der Waals surface area contributed by atoms with Crippen LogP contribution >= 0.6 is 0 Å². The highest BCUT2D eigenvalue weighted by molar-refractivity contribution is 5.95. The van der Waals surface area contributed by atoms with Crippen LogP contribution in [0.3, 0.4) is 0 Å². The van der Waals surface area contributed by atoms with E-state index in [1.807, 2.05) is 0 Å². The molecule has 2 N–H and O–H groups in total. The van der Waals surface area contributed by atoms with Gasteiger partial charge in [-0.05, 0) is 36.8 Å². The van der Waals surface area contributed by atoms with E-state index in [0.29, 0.717) is 5.56 Å². The van der Waals surface area contributed by atoms with Gasteiger partial charge in [-0.15, -0.1) is 0 Å². The van der Waals surface area contributed by atoms with Crippen molar-refractivity contribution in [1.82, 2.24) is 0 Å². The van der Waals surface area contributed by atoms with E-state index >= 15 is 0 Å². The molecule has 2 aromatic rings. The van der Waals surface area contributed by atoms with Crippen LogP contribution in [0.4, 0.5) is 14.5 Å². The van der Waals surface area contributed by atoms with E-state index in [2.05, 4.69) is 9.47 Å². The number of para-hydroxylation sites is 1. The van der Waals surface area contributed by atoms with Gasteiger partial charge in [0.15, 0.2) is 0 Å². The fraction of sp³-hybridized carbons (Fsp3) is 0.176. The zero-order valence-corrected chi connectivity index (χ0v) is 13.4. The topological polar surface area (TPSA) is 78.6 Å². The Labute approximate surface area is 138 Å². The summed E-state index contributed by atoms with van der Waals surface area (Å²) >= 11 is 0. The molecule has 0 aromatic heterocycles. The summed E-state index contributed by atoms with van der Waals surface area (Å²) in [5.74, 6) is -2.14. The Balaban J connectivity index is 0.000000240. The lowest BCUT2D eigenvalue weighted by atomic mass is 10.1. The molecule has 0 fully saturated rings.